The van der Waals surface area contributed by atoms with E-state index in [1.165, 1.54) is 0 Å². The third-order valence-corrected chi connectivity index (χ3v) is 2.55. The molecule has 0 saturated carbocycles. The Kier molecular flexibility index (Phi) is 2.09. The van der Waals surface area contributed by atoms with Crippen LogP contribution in [0.2, 0.25) is 5.15 Å². The smallest absolute Gasteiger partial charge is 0.171 e. The molecule has 3 nitrogen and oxygen atoms in total. The number of halogens is 2. The highest BCUT2D eigenvalue weighted by molar-refractivity contribution is 9.10. The fourth-order valence-electron chi connectivity index (χ4n) is 1.03. The van der Waals surface area contributed by atoms with Gasteiger partial charge in [-0.15, -0.1) is 0 Å². The minimum atomic E-state index is 0.241. The van der Waals surface area contributed by atoms with Crippen LogP contribution in [0.5, 0.6) is 0 Å². The van der Waals surface area contributed by atoms with Gasteiger partial charge in [0.15, 0.2) is 11.0 Å². The molecule has 1 aromatic heterocycles. The lowest BCUT2D eigenvalue weighted by atomic mass is 10.3. The summed E-state index contributed by atoms with van der Waals surface area (Å²) in [5.74, 6) is 0.251. The van der Waals surface area contributed by atoms with Gasteiger partial charge in [-0.3, -0.25) is 0 Å². The number of fused-ring (bicyclic) bond motifs is 1. The molecule has 1 aromatic carbocycles. The van der Waals surface area contributed by atoms with Crippen LogP contribution in [-0.4, -0.2) is 9.97 Å². The minimum absolute atomic E-state index is 0.241. The highest BCUT2D eigenvalue weighted by Crippen LogP contribution is 2.24. The molecule has 0 bridgehead atoms. The van der Waals surface area contributed by atoms with E-state index in [9.17, 15) is 0 Å². The molecule has 1 heterocycles. The van der Waals surface area contributed by atoms with Crippen molar-refractivity contribution in [3.05, 3.63) is 27.8 Å². The number of anilines is 1. The quantitative estimate of drug-likeness (QED) is 0.790. The van der Waals surface area contributed by atoms with E-state index in [-0.39, 0.29) is 11.0 Å². The Bertz CT molecular complexity index is 472. The van der Waals surface area contributed by atoms with Crippen molar-refractivity contribution in [3.63, 3.8) is 0 Å². The summed E-state index contributed by atoms with van der Waals surface area (Å²) in [6.45, 7) is 0. The Balaban J connectivity index is 2.89. The van der Waals surface area contributed by atoms with Crippen LogP contribution in [-0.2, 0) is 0 Å². The molecular weight excluding hydrogens is 253 g/mol. The Labute approximate surface area is 88.1 Å². The maximum absolute atomic E-state index is 5.73. The average molecular weight is 259 g/mol. The maximum Gasteiger partial charge on any atom is 0.171 e. The van der Waals surface area contributed by atoms with Crippen LogP contribution >= 0.6 is 27.5 Å². The van der Waals surface area contributed by atoms with Gasteiger partial charge < -0.3 is 5.73 Å². The lowest BCUT2D eigenvalue weighted by molar-refractivity contribution is 1.29. The molecule has 0 aliphatic rings. The zero-order chi connectivity index (χ0) is 9.42. The Morgan fingerprint density at radius 1 is 1.31 bits per heavy atom. The van der Waals surface area contributed by atoms with Crippen LogP contribution in [0, 0.1) is 0 Å². The van der Waals surface area contributed by atoms with Crippen molar-refractivity contribution in [2.24, 2.45) is 0 Å². The molecule has 0 atom stereocenters. The second-order valence-electron chi connectivity index (χ2n) is 2.51. The fourth-order valence-corrected chi connectivity index (χ4v) is 1.61. The number of benzene rings is 1. The first-order chi connectivity index (χ1) is 6.18. The molecule has 0 aliphatic carbocycles. The van der Waals surface area contributed by atoms with Crippen molar-refractivity contribution < 1.29 is 0 Å². The van der Waals surface area contributed by atoms with Gasteiger partial charge in [-0.05, 0) is 28.1 Å². The van der Waals surface area contributed by atoms with E-state index >= 15 is 0 Å². The molecule has 0 aliphatic heterocycles. The number of aromatic nitrogens is 2. The normalized spacial score (nSPS) is 10.6. The van der Waals surface area contributed by atoms with Gasteiger partial charge in [0.05, 0.1) is 5.52 Å². The highest BCUT2D eigenvalue weighted by atomic mass is 79.9. The van der Waals surface area contributed by atoms with Crippen LogP contribution in [0.3, 0.4) is 0 Å². The lowest BCUT2D eigenvalue weighted by Crippen LogP contribution is -1.95. The summed E-state index contributed by atoms with van der Waals surface area (Å²) in [6, 6.07) is 5.58. The van der Waals surface area contributed by atoms with Gasteiger partial charge >= 0.3 is 0 Å². The second-order valence-corrected chi connectivity index (χ2v) is 3.72. The predicted octanol–water partition coefficient (Wildman–Crippen LogP) is 2.63. The Morgan fingerprint density at radius 3 is 2.85 bits per heavy atom. The van der Waals surface area contributed by atoms with Crippen molar-refractivity contribution in [3.8, 4) is 0 Å². The van der Waals surface area contributed by atoms with Crippen molar-refractivity contribution in [2.45, 2.75) is 0 Å². The van der Waals surface area contributed by atoms with Gasteiger partial charge in [-0.2, -0.15) is 0 Å². The van der Waals surface area contributed by atoms with Crippen molar-refractivity contribution in [1.82, 2.24) is 9.97 Å². The summed E-state index contributed by atoms with van der Waals surface area (Å²) in [7, 11) is 0. The minimum Gasteiger partial charge on any atom is -0.381 e. The first-order valence-electron chi connectivity index (χ1n) is 3.56. The summed E-state index contributed by atoms with van der Waals surface area (Å²) in [4.78, 5) is 8.20. The van der Waals surface area contributed by atoms with E-state index in [4.69, 9.17) is 17.3 Å². The predicted molar refractivity (Wildman–Crippen MR) is 56.7 cm³/mol. The van der Waals surface area contributed by atoms with E-state index in [1.807, 2.05) is 18.2 Å². The van der Waals surface area contributed by atoms with Crippen molar-refractivity contribution in [2.75, 3.05) is 5.73 Å². The molecule has 5 heteroatoms. The number of nitrogens with two attached hydrogens (primary N) is 1. The van der Waals surface area contributed by atoms with Crippen LogP contribution < -0.4 is 5.73 Å². The topological polar surface area (TPSA) is 51.8 Å². The van der Waals surface area contributed by atoms with Crippen LogP contribution in [0.25, 0.3) is 11.0 Å². The number of hydrogen-bond acceptors (Lipinski definition) is 3. The van der Waals surface area contributed by atoms with E-state index < -0.39 is 0 Å². The van der Waals surface area contributed by atoms with Gasteiger partial charge in [0.2, 0.25) is 0 Å². The zero-order valence-corrected chi connectivity index (χ0v) is 8.80. The summed E-state index contributed by atoms with van der Waals surface area (Å²) < 4.78 is 0.862. The molecule has 2 rings (SSSR count). The van der Waals surface area contributed by atoms with Gasteiger partial charge in [0.1, 0.15) is 5.52 Å². The van der Waals surface area contributed by atoms with Crippen LogP contribution in [0.15, 0.2) is 22.7 Å². The molecule has 66 valence electrons. The van der Waals surface area contributed by atoms with Gasteiger partial charge in [0.25, 0.3) is 0 Å². The second kappa shape index (κ2) is 3.12. The molecule has 2 aromatic rings. The lowest BCUT2D eigenvalue weighted by Gasteiger charge is -2.01. The van der Waals surface area contributed by atoms with E-state index in [0.717, 1.165) is 15.5 Å². The molecule has 13 heavy (non-hydrogen) atoms. The molecule has 0 unspecified atom stereocenters. The van der Waals surface area contributed by atoms with Gasteiger partial charge in [-0.25, -0.2) is 9.97 Å². The molecule has 2 N–H and O–H groups in total. The summed E-state index contributed by atoms with van der Waals surface area (Å²) >= 11 is 9.08. The Morgan fingerprint density at radius 2 is 2.08 bits per heavy atom. The molecule has 0 spiro atoms. The van der Waals surface area contributed by atoms with Gasteiger partial charge in [0, 0.05) is 4.47 Å². The molecule has 0 amide bonds. The Hall–Kier alpha value is -0.870. The molecular formula is C8H5BrClN3. The van der Waals surface area contributed by atoms with Crippen LogP contribution in [0.4, 0.5) is 5.82 Å². The standard InChI is InChI=1S/C8H5BrClN3/c9-4-2-1-3-5-6(4)13-8(11)7(10)12-5/h1-3H,(H2,11,13). The SMILES string of the molecule is Nc1nc2c(Br)cccc2nc1Cl. The largest absolute Gasteiger partial charge is 0.381 e. The van der Waals surface area contributed by atoms with E-state index in [0.29, 0.717) is 0 Å². The monoisotopic (exact) mass is 257 g/mol. The number of hydrogen-bond donors (Lipinski definition) is 1. The van der Waals surface area contributed by atoms with E-state index in [2.05, 4.69) is 25.9 Å². The van der Waals surface area contributed by atoms with Crippen molar-refractivity contribution >= 4 is 44.4 Å². The number of rotatable bonds is 0. The van der Waals surface area contributed by atoms with E-state index in [1.54, 1.807) is 0 Å². The first-order valence-corrected chi connectivity index (χ1v) is 4.73. The van der Waals surface area contributed by atoms with Crippen molar-refractivity contribution in [1.29, 1.82) is 0 Å². The first kappa shape index (κ1) is 8.72. The summed E-state index contributed by atoms with van der Waals surface area (Å²) in [5, 5.41) is 0.241. The number of nitrogen functional groups attached to an aromatic ring is 1. The van der Waals surface area contributed by atoms with Gasteiger partial charge in [-0.1, -0.05) is 17.7 Å². The maximum atomic E-state index is 5.73. The molecule has 0 saturated heterocycles. The summed E-state index contributed by atoms with van der Waals surface area (Å²) in [5.41, 5.74) is 6.98. The average Bonchev–Trinajstić information content (AvgIpc) is 2.09. The number of nitrogens with zero attached hydrogens (tertiary/aromatic N) is 2. The zero-order valence-electron chi connectivity index (χ0n) is 6.46. The summed E-state index contributed by atoms with van der Waals surface area (Å²) in [6.07, 6.45) is 0. The number of para-hydroxylation sites is 1. The molecule has 0 radical (unpaired) electrons. The highest BCUT2D eigenvalue weighted by Gasteiger charge is 2.05. The molecule has 0 fully saturated rings. The fraction of sp³-hybridized carbons (Fsp3) is 0. The van der Waals surface area contributed by atoms with Crippen LogP contribution in [0.1, 0.15) is 0 Å². The third-order valence-electron chi connectivity index (χ3n) is 1.63. The third kappa shape index (κ3) is 1.47.